The Kier molecular flexibility index (Phi) is 7.48. The Bertz CT molecular complexity index is 1400. The maximum absolute atomic E-state index is 12.2. The third-order valence-electron chi connectivity index (χ3n) is 6.12. The molecule has 4 rings (SSSR count). The van der Waals surface area contributed by atoms with Crippen LogP contribution in [0.4, 0.5) is 5.82 Å². The molecule has 1 fully saturated rings. The summed E-state index contributed by atoms with van der Waals surface area (Å²) >= 11 is 6.23. The molecule has 1 aliphatic rings. The molecule has 196 valence electrons. The molecule has 12 nitrogen and oxygen atoms in total. The van der Waals surface area contributed by atoms with Crippen LogP contribution >= 0.6 is 19.2 Å². The van der Waals surface area contributed by atoms with Gasteiger partial charge in [-0.25, -0.2) is 8.42 Å². The van der Waals surface area contributed by atoms with Gasteiger partial charge in [0.25, 0.3) is 0 Å². The number of aliphatic hydroxyl groups is 2. The minimum Gasteiger partial charge on any atom is -0.387 e. The van der Waals surface area contributed by atoms with E-state index in [9.17, 15) is 23.2 Å². The number of hydrogen-bond donors (Lipinski definition) is 4. The van der Waals surface area contributed by atoms with Crippen LogP contribution in [0.15, 0.2) is 42.6 Å². The monoisotopic (exact) mass is 560 g/mol. The minimum atomic E-state index is -4.86. The summed E-state index contributed by atoms with van der Waals surface area (Å²) in [6.45, 7) is 2.00. The van der Waals surface area contributed by atoms with Crippen LogP contribution in [0.2, 0.25) is 5.28 Å². The first kappa shape index (κ1) is 27.0. The first-order chi connectivity index (χ1) is 16.8. The molecule has 1 unspecified atom stereocenters. The van der Waals surface area contributed by atoms with Crippen molar-refractivity contribution in [1.29, 1.82) is 0 Å². The van der Waals surface area contributed by atoms with E-state index in [4.69, 9.17) is 26.1 Å². The highest BCUT2D eigenvalue weighted by molar-refractivity contribution is 7.97. The molecule has 0 amide bonds. The molecule has 0 radical (unpaired) electrons. The molecule has 1 aliphatic heterocycles. The van der Waals surface area contributed by atoms with E-state index in [2.05, 4.69) is 9.97 Å². The molecule has 2 aromatic heterocycles. The molecule has 15 heteroatoms. The van der Waals surface area contributed by atoms with Crippen molar-refractivity contribution >= 4 is 45.9 Å². The Morgan fingerprint density at radius 2 is 1.83 bits per heavy atom. The SMILES string of the molecule is CC(c1ccccc1)N(C)c1nc(Cl)nc2c1ccn2[C@@H]1O[C@H](CS(=O)(=O)CP(=O)(O)O)[C@@H](O)[C@H]1O. The number of aromatic nitrogens is 3. The molecule has 36 heavy (non-hydrogen) atoms. The van der Waals surface area contributed by atoms with Crippen molar-refractivity contribution in [1.82, 2.24) is 14.5 Å². The number of hydrogen-bond acceptors (Lipinski definition) is 9. The van der Waals surface area contributed by atoms with Crippen LogP contribution in [0, 0.1) is 0 Å². The summed E-state index contributed by atoms with van der Waals surface area (Å²) in [6, 6.07) is 11.4. The number of ether oxygens (including phenoxy) is 1. The smallest absolute Gasteiger partial charge is 0.340 e. The van der Waals surface area contributed by atoms with Crippen molar-refractivity contribution in [2.24, 2.45) is 0 Å². The van der Waals surface area contributed by atoms with Gasteiger partial charge in [0, 0.05) is 13.2 Å². The number of anilines is 1. The van der Waals surface area contributed by atoms with E-state index >= 15 is 0 Å². The summed E-state index contributed by atoms with van der Waals surface area (Å²) in [4.78, 5) is 28.6. The van der Waals surface area contributed by atoms with Gasteiger partial charge >= 0.3 is 7.60 Å². The van der Waals surface area contributed by atoms with Gasteiger partial charge in [-0.15, -0.1) is 0 Å². The van der Waals surface area contributed by atoms with Gasteiger partial charge in [0.05, 0.1) is 17.2 Å². The maximum Gasteiger partial charge on any atom is 0.340 e. The number of fused-ring (bicyclic) bond motifs is 1. The molecule has 0 saturated carbocycles. The van der Waals surface area contributed by atoms with E-state index in [0.29, 0.717) is 11.2 Å². The summed E-state index contributed by atoms with van der Waals surface area (Å²) in [5.74, 6) is -0.376. The Hall–Kier alpha value is -2.09. The van der Waals surface area contributed by atoms with Crippen molar-refractivity contribution in [2.75, 3.05) is 23.2 Å². The van der Waals surface area contributed by atoms with Crippen molar-refractivity contribution < 1.29 is 37.7 Å². The Morgan fingerprint density at radius 3 is 2.47 bits per heavy atom. The van der Waals surface area contributed by atoms with Gasteiger partial charge in [-0.1, -0.05) is 30.3 Å². The van der Waals surface area contributed by atoms with Gasteiger partial charge in [0.1, 0.15) is 29.8 Å². The van der Waals surface area contributed by atoms with Gasteiger partial charge in [-0.05, 0) is 30.2 Å². The first-order valence-electron chi connectivity index (χ1n) is 10.9. The number of aliphatic hydroxyl groups excluding tert-OH is 2. The average molecular weight is 561 g/mol. The lowest BCUT2D eigenvalue weighted by atomic mass is 10.1. The third-order valence-corrected chi connectivity index (χ3v) is 10.0. The van der Waals surface area contributed by atoms with E-state index < -0.39 is 53.2 Å². The first-order valence-corrected chi connectivity index (χ1v) is 14.9. The standard InChI is InChI=1S/C21H26ClN4O8PS/c1-12(13-6-4-3-5-7-13)25(2)18-14-8-9-26(19(14)24-21(22)23-18)20-17(28)16(27)15(34-20)10-36(32,33)11-35(29,30)31/h3-9,12,15-17,20,27-28H,10-11H2,1-2H3,(H2,29,30,31)/t12?,15-,16-,17-,20-/m1/s1. The van der Waals surface area contributed by atoms with Gasteiger partial charge in [-0.2, -0.15) is 9.97 Å². The minimum absolute atomic E-state index is 0.0710. The molecular weight excluding hydrogens is 535 g/mol. The summed E-state index contributed by atoms with van der Waals surface area (Å²) < 4.78 is 42.6. The lowest BCUT2D eigenvalue weighted by molar-refractivity contribution is -0.0288. The summed E-state index contributed by atoms with van der Waals surface area (Å²) in [5, 5.41) is 21.6. The normalized spacial score (nSPS) is 23.8. The molecule has 3 aromatic rings. The molecule has 1 saturated heterocycles. The van der Waals surface area contributed by atoms with Crippen molar-refractivity contribution in [3.05, 3.63) is 53.4 Å². The lowest BCUT2D eigenvalue weighted by Crippen LogP contribution is -2.35. The van der Waals surface area contributed by atoms with Crippen LogP contribution in [0.5, 0.6) is 0 Å². The fraction of sp³-hybridized carbons (Fsp3) is 0.429. The number of benzene rings is 1. The van der Waals surface area contributed by atoms with E-state index in [0.717, 1.165) is 5.56 Å². The van der Waals surface area contributed by atoms with E-state index in [1.54, 1.807) is 12.3 Å². The molecule has 3 heterocycles. The number of sulfone groups is 1. The second kappa shape index (κ2) is 9.99. The highest BCUT2D eigenvalue weighted by Crippen LogP contribution is 2.39. The van der Waals surface area contributed by atoms with Crippen molar-refractivity contribution in [3.63, 3.8) is 0 Å². The highest BCUT2D eigenvalue weighted by atomic mass is 35.5. The van der Waals surface area contributed by atoms with Crippen LogP contribution in [0.1, 0.15) is 24.8 Å². The molecule has 0 bridgehead atoms. The van der Waals surface area contributed by atoms with Gasteiger partial charge in [0.2, 0.25) is 5.28 Å². The quantitative estimate of drug-likeness (QED) is 0.232. The van der Waals surface area contributed by atoms with Crippen LogP contribution in [-0.4, -0.2) is 79.6 Å². The van der Waals surface area contributed by atoms with Gasteiger partial charge < -0.3 is 34.2 Å². The summed E-state index contributed by atoms with van der Waals surface area (Å²) in [6.07, 6.45) is -4.28. The largest absolute Gasteiger partial charge is 0.387 e. The fourth-order valence-electron chi connectivity index (χ4n) is 4.26. The fourth-order valence-corrected chi connectivity index (χ4v) is 7.67. The number of halogens is 1. The Labute approximate surface area is 212 Å². The second-order valence-electron chi connectivity index (χ2n) is 8.72. The Morgan fingerprint density at radius 1 is 1.17 bits per heavy atom. The average Bonchev–Trinajstić information content (AvgIpc) is 3.32. The molecule has 4 N–H and O–H groups in total. The van der Waals surface area contributed by atoms with Crippen LogP contribution in [0.3, 0.4) is 0 Å². The predicted molar refractivity (Wildman–Crippen MR) is 132 cm³/mol. The number of nitrogens with zero attached hydrogens (tertiary/aromatic N) is 4. The molecular formula is C21H26ClN4O8PS. The van der Waals surface area contributed by atoms with E-state index in [-0.39, 0.29) is 17.0 Å². The van der Waals surface area contributed by atoms with Crippen LogP contribution in [0.25, 0.3) is 11.0 Å². The highest BCUT2D eigenvalue weighted by Gasteiger charge is 2.46. The molecule has 1 aromatic carbocycles. The van der Waals surface area contributed by atoms with Gasteiger partial charge in [0.15, 0.2) is 21.6 Å². The molecule has 5 atom stereocenters. The van der Waals surface area contributed by atoms with Crippen molar-refractivity contribution in [3.8, 4) is 0 Å². The predicted octanol–water partition coefficient (Wildman–Crippen LogP) is 1.45. The summed E-state index contributed by atoms with van der Waals surface area (Å²) in [7, 11) is -7.30. The summed E-state index contributed by atoms with van der Waals surface area (Å²) in [5.41, 5.74) is -0.0656. The van der Waals surface area contributed by atoms with Crippen LogP contribution in [-0.2, 0) is 19.1 Å². The zero-order valence-electron chi connectivity index (χ0n) is 19.3. The topological polar surface area (TPSA) is 175 Å². The van der Waals surface area contributed by atoms with E-state index in [1.807, 2.05) is 49.2 Å². The van der Waals surface area contributed by atoms with Crippen LogP contribution < -0.4 is 4.90 Å². The van der Waals surface area contributed by atoms with E-state index in [1.165, 1.54) is 4.57 Å². The maximum atomic E-state index is 12.2. The van der Waals surface area contributed by atoms with Crippen molar-refractivity contribution in [2.45, 2.75) is 37.5 Å². The molecule has 0 aliphatic carbocycles. The molecule has 0 spiro atoms. The zero-order valence-corrected chi connectivity index (χ0v) is 21.8. The van der Waals surface area contributed by atoms with Gasteiger partial charge in [-0.3, -0.25) is 4.57 Å². The zero-order chi connectivity index (χ0) is 26.4. The third kappa shape index (κ3) is 5.58. The Balaban J connectivity index is 1.65. The second-order valence-corrected chi connectivity index (χ2v) is 13.2. The number of rotatable bonds is 8. The lowest BCUT2D eigenvalue weighted by Gasteiger charge is -2.27.